The van der Waals surface area contributed by atoms with Gasteiger partial charge in [-0.15, -0.1) is 0 Å². The minimum atomic E-state index is -0.186. The molecule has 1 saturated heterocycles. The summed E-state index contributed by atoms with van der Waals surface area (Å²) in [6.07, 6.45) is 1.44. The van der Waals surface area contributed by atoms with Crippen LogP contribution in [0.25, 0.3) is 0 Å². The number of carbonyl (C=O) groups excluding carboxylic acids is 1. The van der Waals surface area contributed by atoms with Crippen molar-refractivity contribution in [2.45, 2.75) is 39.2 Å². The Balaban J connectivity index is 1.59. The summed E-state index contributed by atoms with van der Waals surface area (Å²) in [7, 11) is 0. The summed E-state index contributed by atoms with van der Waals surface area (Å²) in [4.78, 5) is 35.8. The Morgan fingerprint density at radius 1 is 1.14 bits per heavy atom. The van der Waals surface area contributed by atoms with Crippen LogP contribution in [0.3, 0.4) is 0 Å². The van der Waals surface area contributed by atoms with Gasteiger partial charge in [0.1, 0.15) is 6.54 Å². The van der Waals surface area contributed by atoms with Crippen LogP contribution in [0.15, 0.2) is 46.0 Å². The zero-order chi connectivity index (χ0) is 20.5. The number of amides is 1. The summed E-state index contributed by atoms with van der Waals surface area (Å²) in [5.74, 6) is 0.949. The van der Waals surface area contributed by atoms with E-state index in [4.69, 9.17) is 4.52 Å². The molecule has 0 bridgehead atoms. The van der Waals surface area contributed by atoms with E-state index in [1.807, 2.05) is 30.3 Å². The van der Waals surface area contributed by atoms with Crippen LogP contribution in [-0.4, -0.2) is 43.6 Å². The molecule has 150 valence electrons. The van der Waals surface area contributed by atoms with Gasteiger partial charge in [0.05, 0.1) is 12.2 Å². The van der Waals surface area contributed by atoms with E-state index in [2.05, 4.69) is 15.1 Å². The highest BCUT2D eigenvalue weighted by atomic mass is 16.5. The summed E-state index contributed by atoms with van der Waals surface area (Å²) in [5, 5.41) is 3.91. The maximum absolute atomic E-state index is 13.0. The number of hydrogen-bond donors (Lipinski definition) is 0. The molecule has 1 aliphatic rings. The normalized spacial score (nSPS) is 18.9. The van der Waals surface area contributed by atoms with Gasteiger partial charge in [-0.2, -0.15) is 4.98 Å². The van der Waals surface area contributed by atoms with Crippen LogP contribution in [-0.2, 0) is 11.3 Å². The fraction of sp³-hybridized carbons (Fsp3) is 0.381. The molecule has 8 nitrogen and oxygen atoms in total. The molecule has 3 heterocycles. The number of aromatic nitrogens is 4. The monoisotopic (exact) mass is 393 g/mol. The van der Waals surface area contributed by atoms with Crippen molar-refractivity contribution in [1.29, 1.82) is 0 Å². The molecule has 0 radical (unpaired) electrons. The number of rotatable bonds is 4. The van der Waals surface area contributed by atoms with Gasteiger partial charge in [-0.3, -0.25) is 14.2 Å². The van der Waals surface area contributed by atoms with E-state index in [0.717, 1.165) is 5.56 Å². The van der Waals surface area contributed by atoms with Gasteiger partial charge in [-0.25, -0.2) is 4.98 Å². The molecule has 1 amide bonds. The van der Waals surface area contributed by atoms with Gasteiger partial charge in [0.2, 0.25) is 11.8 Å². The zero-order valence-corrected chi connectivity index (χ0v) is 16.7. The SMILES string of the molecule is Cc1noc([C@H]2CN(C(=O)Cn3cnc(C)c(C)c3=O)C[C@@H]2c2ccccc2)n1. The van der Waals surface area contributed by atoms with Crippen molar-refractivity contribution in [2.24, 2.45) is 0 Å². The summed E-state index contributed by atoms with van der Waals surface area (Å²) in [5.41, 5.74) is 2.17. The van der Waals surface area contributed by atoms with Gasteiger partial charge in [-0.05, 0) is 26.3 Å². The fourth-order valence-corrected chi connectivity index (χ4v) is 3.79. The lowest BCUT2D eigenvalue weighted by molar-refractivity contribution is -0.130. The predicted molar refractivity (Wildman–Crippen MR) is 106 cm³/mol. The second-order valence-electron chi connectivity index (χ2n) is 7.49. The Morgan fingerprint density at radius 3 is 2.55 bits per heavy atom. The lowest BCUT2D eigenvalue weighted by Gasteiger charge is -2.17. The standard InChI is InChI=1S/C21H23N5O3/c1-13-14(2)22-12-26(21(13)28)11-19(27)25-9-17(16-7-5-4-6-8-16)18(10-25)20-23-15(3)24-29-20/h4-8,12,17-18H,9-11H2,1-3H3/t17-,18+/m1/s1. The summed E-state index contributed by atoms with van der Waals surface area (Å²) >= 11 is 0. The second-order valence-corrected chi connectivity index (χ2v) is 7.49. The molecular weight excluding hydrogens is 370 g/mol. The molecule has 8 heteroatoms. The van der Waals surface area contributed by atoms with Gasteiger partial charge < -0.3 is 9.42 Å². The molecule has 0 spiro atoms. The number of aryl methyl sites for hydroxylation is 2. The van der Waals surface area contributed by atoms with E-state index in [1.165, 1.54) is 10.9 Å². The van der Waals surface area contributed by atoms with Gasteiger partial charge in [0, 0.05) is 30.3 Å². The first-order valence-electron chi connectivity index (χ1n) is 9.59. The molecular formula is C21H23N5O3. The Hall–Kier alpha value is -3.29. The van der Waals surface area contributed by atoms with Crippen molar-refractivity contribution >= 4 is 5.91 Å². The van der Waals surface area contributed by atoms with E-state index >= 15 is 0 Å². The topological polar surface area (TPSA) is 94.1 Å². The fourth-order valence-electron chi connectivity index (χ4n) is 3.79. The van der Waals surface area contributed by atoms with Gasteiger partial charge in [-0.1, -0.05) is 35.5 Å². The first-order valence-corrected chi connectivity index (χ1v) is 9.59. The smallest absolute Gasteiger partial charge is 0.256 e. The molecule has 2 aromatic heterocycles. The van der Waals surface area contributed by atoms with Crippen molar-refractivity contribution < 1.29 is 9.32 Å². The second kappa shape index (κ2) is 7.62. The Morgan fingerprint density at radius 2 is 1.86 bits per heavy atom. The lowest BCUT2D eigenvalue weighted by atomic mass is 9.89. The molecule has 0 aliphatic carbocycles. The van der Waals surface area contributed by atoms with Crippen LogP contribution < -0.4 is 5.56 Å². The van der Waals surface area contributed by atoms with E-state index in [-0.39, 0.29) is 29.8 Å². The third kappa shape index (κ3) is 3.70. The summed E-state index contributed by atoms with van der Waals surface area (Å²) in [6, 6.07) is 10.0. The van der Waals surface area contributed by atoms with Crippen molar-refractivity contribution in [3.05, 3.63) is 75.5 Å². The van der Waals surface area contributed by atoms with Crippen LogP contribution >= 0.6 is 0 Å². The average Bonchev–Trinajstić information content (AvgIpc) is 3.35. The number of hydrogen-bond acceptors (Lipinski definition) is 6. The highest BCUT2D eigenvalue weighted by Gasteiger charge is 2.40. The third-order valence-corrected chi connectivity index (χ3v) is 5.58. The molecule has 1 aliphatic heterocycles. The molecule has 2 atom stereocenters. The van der Waals surface area contributed by atoms with Crippen LogP contribution in [0.1, 0.15) is 40.4 Å². The third-order valence-electron chi connectivity index (χ3n) is 5.58. The average molecular weight is 393 g/mol. The predicted octanol–water partition coefficient (Wildman–Crippen LogP) is 1.96. The number of likely N-dealkylation sites (tertiary alicyclic amines) is 1. The zero-order valence-electron chi connectivity index (χ0n) is 16.7. The maximum Gasteiger partial charge on any atom is 0.256 e. The molecule has 29 heavy (non-hydrogen) atoms. The molecule has 1 aromatic carbocycles. The van der Waals surface area contributed by atoms with E-state index in [1.54, 1.807) is 25.7 Å². The van der Waals surface area contributed by atoms with Crippen molar-refractivity contribution in [1.82, 2.24) is 24.6 Å². The van der Waals surface area contributed by atoms with E-state index in [0.29, 0.717) is 36.1 Å². The molecule has 1 fully saturated rings. The highest BCUT2D eigenvalue weighted by Crippen LogP contribution is 2.39. The number of nitrogens with zero attached hydrogens (tertiary/aromatic N) is 5. The van der Waals surface area contributed by atoms with Crippen molar-refractivity contribution in [2.75, 3.05) is 13.1 Å². The Kier molecular flexibility index (Phi) is 5.00. The molecule has 0 saturated carbocycles. The molecule has 0 unspecified atom stereocenters. The van der Waals surface area contributed by atoms with Crippen molar-refractivity contribution in [3.8, 4) is 0 Å². The van der Waals surface area contributed by atoms with Gasteiger partial charge >= 0.3 is 0 Å². The quantitative estimate of drug-likeness (QED) is 0.673. The Labute approximate surface area is 168 Å². The molecule has 3 aromatic rings. The van der Waals surface area contributed by atoms with Crippen LogP contribution in [0.5, 0.6) is 0 Å². The first-order chi connectivity index (χ1) is 13.9. The minimum Gasteiger partial charge on any atom is -0.340 e. The number of carbonyl (C=O) groups is 1. The van der Waals surface area contributed by atoms with Crippen molar-refractivity contribution in [3.63, 3.8) is 0 Å². The maximum atomic E-state index is 13.0. The molecule has 4 rings (SSSR count). The number of benzene rings is 1. The Bertz CT molecular complexity index is 1090. The summed E-state index contributed by atoms with van der Waals surface area (Å²) in [6.45, 7) is 6.24. The largest absolute Gasteiger partial charge is 0.340 e. The lowest BCUT2D eigenvalue weighted by Crippen LogP contribution is -2.36. The van der Waals surface area contributed by atoms with Crippen LogP contribution in [0.2, 0.25) is 0 Å². The molecule has 0 N–H and O–H groups in total. The summed E-state index contributed by atoms with van der Waals surface area (Å²) < 4.78 is 6.80. The van der Waals surface area contributed by atoms with E-state index < -0.39 is 0 Å². The van der Waals surface area contributed by atoms with Crippen LogP contribution in [0.4, 0.5) is 0 Å². The van der Waals surface area contributed by atoms with Gasteiger partial charge in [0.15, 0.2) is 5.82 Å². The minimum absolute atomic E-state index is 0.0377. The first kappa shape index (κ1) is 19.0. The van der Waals surface area contributed by atoms with Gasteiger partial charge in [0.25, 0.3) is 5.56 Å². The van der Waals surface area contributed by atoms with E-state index in [9.17, 15) is 9.59 Å². The van der Waals surface area contributed by atoms with Crippen LogP contribution in [0, 0.1) is 20.8 Å². The highest BCUT2D eigenvalue weighted by molar-refractivity contribution is 5.76.